The van der Waals surface area contributed by atoms with Crippen LogP contribution in [0.3, 0.4) is 0 Å². The van der Waals surface area contributed by atoms with Crippen molar-refractivity contribution < 1.29 is 14.3 Å². The van der Waals surface area contributed by atoms with Crippen molar-refractivity contribution in [3.8, 4) is 5.75 Å². The summed E-state index contributed by atoms with van der Waals surface area (Å²) in [4.78, 5) is 29.1. The number of benzene rings is 3. The molecular weight excluding hydrogens is 484 g/mol. The molecule has 0 unspecified atom stereocenters. The van der Waals surface area contributed by atoms with Gasteiger partial charge in [-0.3, -0.25) is 14.9 Å². The predicted molar refractivity (Wildman–Crippen MR) is 150 cm³/mol. The molecule has 7 nitrogen and oxygen atoms in total. The Morgan fingerprint density at radius 2 is 1.65 bits per heavy atom. The highest BCUT2D eigenvalue weighted by Crippen LogP contribution is 2.44. The van der Waals surface area contributed by atoms with Gasteiger partial charge in [0, 0.05) is 77.4 Å². The van der Waals surface area contributed by atoms with Gasteiger partial charge in [0.2, 0.25) is 0 Å². The minimum atomic E-state index is -0.321. The molecule has 1 N–H and O–H groups in total. The van der Waals surface area contributed by atoms with E-state index in [9.17, 15) is 9.59 Å². The second-order valence-electron chi connectivity index (χ2n) is 9.95. The van der Waals surface area contributed by atoms with E-state index in [2.05, 4.69) is 39.0 Å². The molecule has 0 bridgehead atoms. The van der Waals surface area contributed by atoms with Crippen molar-refractivity contribution in [2.24, 2.45) is 7.05 Å². The maximum absolute atomic E-state index is 13.3. The lowest BCUT2D eigenvalue weighted by Crippen LogP contribution is -2.33. The van der Waals surface area contributed by atoms with E-state index >= 15 is 0 Å². The summed E-state index contributed by atoms with van der Waals surface area (Å²) in [6.45, 7) is 4.12. The molecule has 0 radical (unpaired) electrons. The smallest absolute Gasteiger partial charge is 0.259 e. The minimum Gasteiger partial charge on any atom is -0.497 e. The van der Waals surface area contributed by atoms with Gasteiger partial charge in [-0.25, -0.2) is 0 Å². The SMILES string of the molecule is COc1ccc2c3c4c(c5c(ccc6ccn(C)c65)c3n(CCCN3CCSCC3)c2c1)C(=O)NC4=O. The van der Waals surface area contributed by atoms with Crippen LogP contribution in [0.5, 0.6) is 5.75 Å². The van der Waals surface area contributed by atoms with Crippen molar-refractivity contribution in [1.82, 2.24) is 19.4 Å². The molecule has 5 aromatic rings. The fourth-order valence-electron chi connectivity index (χ4n) is 6.27. The highest BCUT2D eigenvalue weighted by atomic mass is 32.2. The highest BCUT2D eigenvalue weighted by Gasteiger charge is 2.35. The number of imide groups is 1. The third kappa shape index (κ3) is 3.32. The number of methoxy groups -OCH3 is 1. The van der Waals surface area contributed by atoms with E-state index in [-0.39, 0.29) is 11.8 Å². The summed E-state index contributed by atoms with van der Waals surface area (Å²) in [7, 11) is 3.66. The van der Waals surface area contributed by atoms with Crippen molar-refractivity contribution in [3.63, 3.8) is 0 Å². The summed E-state index contributed by atoms with van der Waals surface area (Å²) in [5.41, 5.74) is 3.99. The average Bonchev–Trinajstić information content (AvgIpc) is 3.55. The number of nitrogens with one attached hydrogen (secondary N) is 1. The fourth-order valence-corrected chi connectivity index (χ4v) is 7.25. The molecule has 1 fully saturated rings. The normalized spacial score (nSPS) is 16.4. The number of ether oxygens (including phenoxy) is 1. The number of carbonyl (C=O) groups excluding carboxylic acids is 2. The van der Waals surface area contributed by atoms with Gasteiger partial charge < -0.3 is 18.8 Å². The van der Waals surface area contributed by atoms with Crippen LogP contribution in [0.2, 0.25) is 0 Å². The van der Waals surface area contributed by atoms with Gasteiger partial charge in [-0.15, -0.1) is 0 Å². The Kier molecular flexibility index (Phi) is 5.23. The number of amides is 2. The Hall–Kier alpha value is -3.49. The highest BCUT2D eigenvalue weighted by molar-refractivity contribution is 7.99. The molecule has 188 valence electrons. The van der Waals surface area contributed by atoms with Crippen LogP contribution in [0.1, 0.15) is 27.1 Å². The third-order valence-electron chi connectivity index (χ3n) is 7.96. The van der Waals surface area contributed by atoms with Crippen LogP contribution >= 0.6 is 11.8 Å². The first kappa shape index (κ1) is 22.7. The van der Waals surface area contributed by atoms with Crippen LogP contribution in [0.4, 0.5) is 0 Å². The van der Waals surface area contributed by atoms with Gasteiger partial charge in [-0.1, -0.05) is 12.1 Å². The summed E-state index contributed by atoms with van der Waals surface area (Å²) < 4.78 is 9.99. The lowest BCUT2D eigenvalue weighted by atomic mass is 9.93. The monoisotopic (exact) mass is 512 g/mol. The zero-order valence-electron chi connectivity index (χ0n) is 21.0. The third-order valence-corrected chi connectivity index (χ3v) is 8.90. The zero-order chi connectivity index (χ0) is 25.3. The number of hydrogen-bond acceptors (Lipinski definition) is 5. The maximum atomic E-state index is 13.3. The molecule has 0 saturated carbocycles. The van der Waals surface area contributed by atoms with Crippen LogP contribution in [0.15, 0.2) is 42.6 Å². The molecule has 37 heavy (non-hydrogen) atoms. The summed E-state index contributed by atoms with van der Waals surface area (Å²) in [5, 5.41) is 7.32. The van der Waals surface area contributed by atoms with Gasteiger partial charge >= 0.3 is 0 Å². The Morgan fingerprint density at radius 3 is 2.41 bits per heavy atom. The number of rotatable bonds is 5. The van der Waals surface area contributed by atoms with E-state index in [0.717, 1.165) is 81.8 Å². The fraction of sp³-hybridized carbons (Fsp3) is 0.310. The Morgan fingerprint density at radius 1 is 0.919 bits per heavy atom. The van der Waals surface area contributed by atoms with Crippen molar-refractivity contribution in [2.45, 2.75) is 13.0 Å². The number of aryl methyl sites for hydroxylation is 2. The van der Waals surface area contributed by atoms with Crippen LogP contribution in [0.25, 0.3) is 43.5 Å². The summed E-state index contributed by atoms with van der Waals surface area (Å²) >= 11 is 2.03. The van der Waals surface area contributed by atoms with E-state index in [1.165, 1.54) is 11.5 Å². The van der Waals surface area contributed by atoms with E-state index in [4.69, 9.17) is 4.74 Å². The second-order valence-corrected chi connectivity index (χ2v) is 11.2. The zero-order valence-corrected chi connectivity index (χ0v) is 21.8. The van der Waals surface area contributed by atoms with E-state index in [1.807, 2.05) is 41.7 Å². The first-order valence-corrected chi connectivity index (χ1v) is 13.9. The van der Waals surface area contributed by atoms with Gasteiger partial charge in [0.15, 0.2) is 0 Å². The molecule has 3 aromatic carbocycles. The van der Waals surface area contributed by atoms with Gasteiger partial charge in [0.05, 0.1) is 34.8 Å². The summed E-state index contributed by atoms with van der Waals surface area (Å²) in [6.07, 6.45) is 3.00. The maximum Gasteiger partial charge on any atom is 0.259 e. The number of fused-ring (bicyclic) bond motifs is 10. The number of hydrogen-bond donors (Lipinski definition) is 1. The Labute approximate surface area is 218 Å². The van der Waals surface area contributed by atoms with Crippen molar-refractivity contribution in [3.05, 3.63) is 53.7 Å². The molecule has 2 aromatic heterocycles. The lowest BCUT2D eigenvalue weighted by Gasteiger charge is -2.26. The molecule has 2 aliphatic rings. The number of aromatic nitrogens is 2. The standard InChI is InChI=1S/C29H28N4O3S/c1-31-11-8-17-4-6-20-23(26(17)31)25-24(28(34)30-29(25)35)22-19-7-5-18(36-2)16-21(19)33(27(20)22)10-3-9-32-12-14-37-15-13-32/h4-8,11,16H,3,9-10,12-15H2,1-2H3,(H,30,34,35). The van der Waals surface area contributed by atoms with Crippen LogP contribution in [-0.2, 0) is 13.6 Å². The molecule has 0 spiro atoms. The van der Waals surface area contributed by atoms with Gasteiger partial charge in [-0.2, -0.15) is 11.8 Å². The van der Waals surface area contributed by atoms with Gasteiger partial charge in [0.25, 0.3) is 11.8 Å². The molecule has 7 rings (SSSR count). The number of nitrogens with zero attached hydrogens (tertiary/aromatic N) is 3. The van der Waals surface area contributed by atoms with Crippen molar-refractivity contribution in [2.75, 3.05) is 38.2 Å². The largest absolute Gasteiger partial charge is 0.497 e. The van der Waals surface area contributed by atoms with E-state index < -0.39 is 0 Å². The molecule has 1 saturated heterocycles. The van der Waals surface area contributed by atoms with Crippen LogP contribution in [-0.4, -0.2) is 64.1 Å². The molecule has 4 heterocycles. The summed E-state index contributed by atoms with van der Waals surface area (Å²) in [6, 6.07) is 12.3. The summed E-state index contributed by atoms with van der Waals surface area (Å²) in [5.74, 6) is 2.52. The van der Waals surface area contributed by atoms with Crippen molar-refractivity contribution >= 4 is 67.1 Å². The minimum absolute atomic E-state index is 0.321. The molecule has 0 aliphatic carbocycles. The molecular formula is C29H28N4O3S. The molecule has 2 aliphatic heterocycles. The topological polar surface area (TPSA) is 68.5 Å². The van der Waals surface area contributed by atoms with Crippen molar-refractivity contribution in [1.29, 1.82) is 0 Å². The predicted octanol–water partition coefficient (Wildman–Crippen LogP) is 4.77. The average molecular weight is 513 g/mol. The number of carbonyl (C=O) groups is 2. The Balaban J connectivity index is 1.56. The molecule has 8 heteroatoms. The second kappa shape index (κ2) is 8.53. The number of thioether (sulfide) groups is 1. The van der Waals surface area contributed by atoms with Gasteiger partial charge in [0.1, 0.15) is 5.75 Å². The molecule has 2 amide bonds. The van der Waals surface area contributed by atoms with Crippen LogP contribution < -0.4 is 10.1 Å². The lowest BCUT2D eigenvalue weighted by molar-refractivity contribution is 0.0880. The molecule has 0 atom stereocenters. The van der Waals surface area contributed by atoms with E-state index in [0.29, 0.717) is 11.1 Å². The van der Waals surface area contributed by atoms with Gasteiger partial charge in [-0.05, 0) is 31.2 Å². The first-order valence-electron chi connectivity index (χ1n) is 12.8. The quantitative estimate of drug-likeness (QED) is 0.344. The first-order chi connectivity index (χ1) is 18.1. The Bertz CT molecular complexity index is 1760. The van der Waals surface area contributed by atoms with E-state index in [1.54, 1.807) is 7.11 Å². The van der Waals surface area contributed by atoms with Crippen LogP contribution in [0, 0.1) is 0 Å².